The van der Waals surface area contributed by atoms with Crippen molar-refractivity contribution in [2.45, 2.75) is 51.1 Å². The van der Waals surface area contributed by atoms with Gasteiger partial charge >= 0.3 is 0 Å². The van der Waals surface area contributed by atoms with Gasteiger partial charge in [-0.15, -0.1) is 0 Å². The van der Waals surface area contributed by atoms with Gasteiger partial charge in [-0.25, -0.2) is 0 Å². The van der Waals surface area contributed by atoms with Crippen LogP contribution >= 0.6 is 0 Å². The highest BCUT2D eigenvalue weighted by atomic mass is 16.5. The first-order chi connectivity index (χ1) is 12.0. The highest BCUT2D eigenvalue weighted by molar-refractivity contribution is 5.93. The van der Waals surface area contributed by atoms with E-state index in [0.29, 0.717) is 23.6 Å². The van der Waals surface area contributed by atoms with Gasteiger partial charge in [0.2, 0.25) is 5.89 Å². The molecule has 0 bridgehead atoms. The predicted octanol–water partition coefficient (Wildman–Crippen LogP) is 2.03. The smallest absolute Gasteiger partial charge is 0.263 e. The molecule has 0 aromatic carbocycles. The summed E-state index contributed by atoms with van der Waals surface area (Å²) < 4.78 is 6.69. The number of pyridine rings is 1. The monoisotopic (exact) mass is 342 g/mol. The fraction of sp³-hybridized carbons (Fsp3) is 0.556. The molecule has 2 heterocycles. The molecule has 2 aliphatic rings. The van der Waals surface area contributed by atoms with E-state index >= 15 is 0 Å². The first-order valence-electron chi connectivity index (χ1n) is 8.83. The van der Waals surface area contributed by atoms with Crippen LogP contribution in [0.25, 0.3) is 0 Å². The summed E-state index contributed by atoms with van der Waals surface area (Å²) in [5.41, 5.74) is -0.145. The third kappa shape index (κ3) is 3.23. The van der Waals surface area contributed by atoms with Crippen molar-refractivity contribution < 1.29 is 9.32 Å². The lowest BCUT2D eigenvalue weighted by Gasteiger charge is -2.24. The Morgan fingerprint density at radius 1 is 1.40 bits per heavy atom. The van der Waals surface area contributed by atoms with Crippen molar-refractivity contribution in [3.05, 3.63) is 46.0 Å². The van der Waals surface area contributed by atoms with E-state index in [0.717, 1.165) is 25.7 Å². The lowest BCUT2D eigenvalue weighted by atomic mass is 10.1. The Morgan fingerprint density at radius 3 is 2.84 bits per heavy atom. The molecule has 2 aliphatic carbocycles. The topological polar surface area (TPSA) is 81.2 Å². The molecule has 2 aromatic heterocycles. The van der Waals surface area contributed by atoms with Crippen molar-refractivity contribution in [3.63, 3.8) is 0 Å². The van der Waals surface area contributed by atoms with Crippen molar-refractivity contribution in [1.29, 1.82) is 0 Å². The zero-order valence-corrected chi connectivity index (χ0v) is 14.5. The first-order valence-corrected chi connectivity index (χ1v) is 8.83. The van der Waals surface area contributed by atoms with Crippen LogP contribution < -0.4 is 5.56 Å². The maximum absolute atomic E-state index is 12.7. The number of carbonyl (C=O) groups is 1. The molecule has 0 saturated heterocycles. The maximum atomic E-state index is 12.7. The van der Waals surface area contributed by atoms with Crippen LogP contribution in [-0.4, -0.2) is 38.6 Å². The van der Waals surface area contributed by atoms with Gasteiger partial charge in [0.25, 0.3) is 11.5 Å². The average molecular weight is 342 g/mol. The molecule has 25 heavy (non-hydrogen) atoms. The van der Waals surface area contributed by atoms with Crippen molar-refractivity contribution in [1.82, 2.24) is 19.6 Å². The molecule has 2 saturated carbocycles. The summed E-state index contributed by atoms with van der Waals surface area (Å²) in [5, 5.41) is 3.96. The van der Waals surface area contributed by atoms with E-state index in [1.165, 1.54) is 4.57 Å². The van der Waals surface area contributed by atoms with Crippen molar-refractivity contribution in [3.8, 4) is 0 Å². The zero-order valence-electron chi connectivity index (χ0n) is 14.5. The predicted molar refractivity (Wildman–Crippen MR) is 90.4 cm³/mol. The maximum Gasteiger partial charge on any atom is 0.263 e. The molecule has 0 spiro atoms. The Morgan fingerprint density at radius 2 is 2.16 bits per heavy atom. The standard InChI is InChI=1S/C18H22N4O3/c1-11(12-5-6-12)21(2)17(23)14-4-3-9-22(18(14)24)10-15-19-16(20-25-15)13-7-8-13/h3-4,9,11-13H,5-8,10H2,1-2H3/t11-/m0/s1. The minimum absolute atomic E-state index is 0.151. The van der Waals surface area contributed by atoms with E-state index in [1.54, 1.807) is 30.3 Å². The summed E-state index contributed by atoms with van der Waals surface area (Å²) in [7, 11) is 1.77. The van der Waals surface area contributed by atoms with Crippen LogP contribution in [0.2, 0.25) is 0 Å². The molecule has 0 N–H and O–H groups in total. The summed E-state index contributed by atoms with van der Waals surface area (Å²) in [4.78, 5) is 31.4. The molecule has 4 rings (SSSR count). The summed E-state index contributed by atoms with van der Waals surface area (Å²) in [5.74, 6) is 1.84. The molecule has 0 aliphatic heterocycles. The zero-order chi connectivity index (χ0) is 17.6. The van der Waals surface area contributed by atoms with E-state index in [-0.39, 0.29) is 29.6 Å². The van der Waals surface area contributed by atoms with Crippen LogP contribution in [0.15, 0.2) is 27.6 Å². The van der Waals surface area contributed by atoms with Crippen LogP contribution in [-0.2, 0) is 6.54 Å². The lowest BCUT2D eigenvalue weighted by Crippen LogP contribution is -2.40. The minimum Gasteiger partial charge on any atom is -0.339 e. The molecule has 132 valence electrons. The molecule has 0 radical (unpaired) electrons. The van der Waals surface area contributed by atoms with E-state index < -0.39 is 0 Å². The van der Waals surface area contributed by atoms with E-state index in [1.807, 2.05) is 6.92 Å². The minimum atomic E-state index is -0.325. The molecule has 7 heteroatoms. The second-order valence-electron chi connectivity index (χ2n) is 7.17. The van der Waals surface area contributed by atoms with Gasteiger partial charge < -0.3 is 14.0 Å². The number of carbonyl (C=O) groups excluding carboxylic acids is 1. The Labute approximate surface area is 145 Å². The van der Waals surface area contributed by atoms with Crippen molar-refractivity contribution >= 4 is 5.91 Å². The number of rotatable bonds is 6. The van der Waals surface area contributed by atoms with E-state index in [4.69, 9.17) is 4.52 Å². The Hall–Kier alpha value is -2.44. The van der Waals surface area contributed by atoms with Gasteiger partial charge in [0, 0.05) is 25.2 Å². The summed E-state index contributed by atoms with van der Waals surface area (Å²) in [6.45, 7) is 2.22. The van der Waals surface area contributed by atoms with Crippen LogP contribution in [0.3, 0.4) is 0 Å². The Kier molecular flexibility index (Phi) is 3.94. The molecule has 2 aromatic rings. The molecular weight excluding hydrogens is 320 g/mol. The molecule has 7 nitrogen and oxygen atoms in total. The third-order valence-electron chi connectivity index (χ3n) is 5.22. The molecular formula is C18H22N4O3. The number of amides is 1. The lowest BCUT2D eigenvalue weighted by molar-refractivity contribution is 0.0724. The molecule has 1 atom stereocenters. The largest absolute Gasteiger partial charge is 0.339 e. The van der Waals surface area contributed by atoms with Crippen LogP contribution in [0, 0.1) is 5.92 Å². The van der Waals surface area contributed by atoms with Gasteiger partial charge in [0.1, 0.15) is 12.1 Å². The first kappa shape index (κ1) is 16.1. The second-order valence-corrected chi connectivity index (χ2v) is 7.17. The number of hydrogen-bond acceptors (Lipinski definition) is 5. The second kappa shape index (κ2) is 6.13. The fourth-order valence-corrected chi connectivity index (χ4v) is 3.08. The van der Waals surface area contributed by atoms with Gasteiger partial charge in [0.05, 0.1) is 0 Å². The van der Waals surface area contributed by atoms with Gasteiger partial charge in [-0.2, -0.15) is 4.98 Å². The molecule has 0 unspecified atom stereocenters. The summed E-state index contributed by atoms with van der Waals surface area (Å²) >= 11 is 0. The van der Waals surface area contributed by atoms with Crippen molar-refractivity contribution in [2.75, 3.05) is 7.05 Å². The number of nitrogens with zero attached hydrogens (tertiary/aromatic N) is 4. The Bertz CT molecular complexity index is 848. The quantitative estimate of drug-likeness (QED) is 0.802. The SMILES string of the molecule is C[C@@H](C1CC1)N(C)C(=O)c1cccn(Cc2nc(C3CC3)no2)c1=O. The third-order valence-corrected chi connectivity index (χ3v) is 5.22. The fourth-order valence-electron chi connectivity index (χ4n) is 3.08. The summed E-state index contributed by atoms with van der Waals surface area (Å²) in [6, 6.07) is 3.45. The van der Waals surface area contributed by atoms with Gasteiger partial charge in [-0.05, 0) is 50.7 Å². The van der Waals surface area contributed by atoms with Crippen LogP contribution in [0.4, 0.5) is 0 Å². The number of hydrogen-bond donors (Lipinski definition) is 0. The van der Waals surface area contributed by atoms with E-state index in [2.05, 4.69) is 10.1 Å². The highest BCUT2D eigenvalue weighted by Crippen LogP contribution is 2.38. The van der Waals surface area contributed by atoms with E-state index in [9.17, 15) is 9.59 Å². The van der Waals surface area contributed by atoms with Gasteiger partial charge in [0.15, 0.2) is 5.82 Å². The van der Waals surface area contributed by atoms with Crippen LogP contribution in [0.1, 0.15) is 60.6 Å². The van der Waals surface area contributed by atoms with Crippen molar-refractivity contribution in [2.24, 2.45) is 5.92 Å². The Balaban J connectivity index is 1.54. The average Bonchev–Trinajstić information content (AvgIpc) is 3.53. The molecule has 2 fully saturated rings. The van der Waals surface area contributed by atoms with Gasteiger partial charge in [-0.3, -0.25) is 9.59 Å². The highest BCUT2D eigenvalue weighted by Gasteiger charge is 2.33. The molecule has 1 amide bonds. The summed E-state index contributed by atoms with van der Waals surface area (Å²) in [6.07, 6.45) is 6.13. The normalized spacial score (nSPS) is 18.2. The van der Waals surface area contributed by atoms with Gasteiger partial charge in [-0.1, -0.05) is 5.16 Å². The number of aromatic nitrogens is 3. The van der Waals surface area contributed by atoms with Crippen LogP contribution in [0.5, 0.6) is 0 Å².